The number of carboxylic acids is 1. The van der Waals surface area contributed by atoms with E-state index in [1.165, 1.54) is 12.4 Å². The number of carbonyl (C=O) groups is 1. The number of morpholine rings is 1. The van der Waals surface area contributed by atoms with Gasteiger partial charge in [0.2, 0.25) is 5.95 Å². The molecule has 0 radical (unpaired) electrons. The van der Waals surface area contributed by atoms with Gasteiger partial charge in [-0.1, -0.05) is 6.07 Å². The molecule has 0 saturated carbocycles. The minimum Gasteiger partial charge on any atom is -0.475 e. The lowest BCUT2D eigenvalue weighted by molar-refractivity contribution is -0.192. The molecule has 2 aliphatic rings. The Kier molecular flexibility index (Phi) is 7.56. The number of carboxylic acid groups (broad SMARTS) is 1. The fourth-order valence-electron chi connectivity index (χ4n) is 3.63. The van der Waals surface area contributed by atoms with Crippen molar-refractivity contribution in [2.75, 3.05) is 37.7 Å². The first-order chi connectivity index (χ1) is 15.2. The van der Waals surface area contributed by atoms with E-state index in [-0.39, 0.29) is 5.60 Å². The van der Waals surface area contributed by atoms with Crippen LogP contribution in [0.4, 0.5) is 23.5 Å². The van der Waals surface area contributed by atoms with Gasteiger partial charge in [-0.05, 0) is 25.0 Å². The molecule has 2 saturated heterocycles. The van der Waals surface area contributed by atoms with Crippen molar-refractivity contribution in [3.63, 3.8) is 0 Å². The van der Waals surface area contributed by atoms with Crippen LogP contribution in [-0.2, 0) is 16.1 Å². The minimum absolute atomic E-state index is 0.156. The van der Waals surface area contributed by atoms with Crippen LogP contribution in [0.5, 0.6) is 0 Å². The smallest absolute Gasteiger partial charge is 0.475 e. The first-order valence-electron chi connectivity index (χ1n) is 9.96. The fourth-order valence-corrected chi connectivity index (χ4v) is 3.63. The van der Waals surface area contributed by atoms with Gasteiger partial charge in [0, 0.05) is 32.4 Å². The lowest BCUT2D eigenvalue weighted by Crippen LogP contribution is -2.57. The Labute approximate surface area is 181 Å². The van der Waals surface area contributed by atoms with E-state index in [0.717, 1.165) is 51.3 Å². The van der Waals surface area contributed by atoms with E-state index in [0.29, 0.717) is 12.6 Å². The van der Waals surface area contributed by atoms with Crippen LogP contribution in [0, 0.1) is 5.82 Å². The first-order valence-corrected chi connectivity index (χ1v) is 9.96. The van der Waals surface area contributed by atoms with E-state index in [9.17, 15) is 17.6 Å². The van der Waals surface area contributed by atoms with Crippen molar-refractivity contribution >= 4 is 11.9 Å². The Morgan fingerprint density at radius 2 is 1.78 bits per heavy atom. The van der Waals surface area contributed by atoms with Gasteiger partial charge in [0.25, 0.3) is 0 Å². The summed E-state index contributed by atoms with van der Waals surface area (Å²) in [6.45, 7) is 4.99. The van der Waals surface area contributed by atoms with Crippen molar-refractivity contribution in [1.29, 1.82) is 0 Å². The summed E-state index contributed by atoms with van der Waals surface area (Å²) in [7, 11) is 0. The number of hydrogen-bond donors (Lipinski definition) is 1. The Hall–Kier alpha value is -2.86. The summed E-state index contributed by atoms with van der Waals surface area (Å²) < 4.78 is 50.9. The second-order valence-electron chi connectivity index (χ2n) is 7.55. The molecule has 8 nitrogen and oxygen atoms in total. The molecule has 0 unspecified atom stereocenters. The van der Waals surface area contributed by atoms with Crippen LogP contribution in [0.15, 0.2) is 36.8 Å². The van der Waals surface area contributed by atoms with Gasteiger partial charge in [0.05, 0.1) is 36.8 Å². The third-order valence-electron chi connectivity index (χ3n) is 5.26. The maximum Gasteiger partial charge on any atom is 0.490 e. The van der Waals surface area contributed by atoms with E-state index in [2.05, 4.69) is 30.8 Å². The molecule has 0 atom stereocenters. The number of rotatable bonds is 3. The van der Waals surface area contributed by atoms with Crippen LogP contribution in [0.25, 0.3) is 0 Å². The van der Waals surface area contributed by atoms with Gasteiger partial charge in [0.1, 0.15) is 0 Å². The van der Waals surface area contributed by atoms with Crippen LogP contribution in [-0.4, -0.2) is 75.5 Å². The first kappa shape index (κ1) is 23.8. The molecular formula is C20H23F4N5O3. The van der Waals surface area contributed by atoms with Crippen LogP contribution in [0.3, 0.4) is 0 Å². The molecule has 0 bridgehead atoms. The summed E-state index contributed by atoms with van der Waals surface area (Å²) in [6, 6.07) is 6.03. The Balaban J connectivity index is 0.000000360. The molecule has 32 heavy (non-hydrogen) atoms. The molecule has 2 aliphatic heterocycles. The molecule has 174 valence electrons. The van der Waals surface area contributed by atoms with Crippen molar-refractivity contribution in [3.05, 3.63) is 48.3 Å². The molecule has 4 rings (SSSR count). The molecule has 1 spiro atoms. The van der Waals surface area contributed by atoms with Gasteiger partial charge in [0.15, 0.2) is 5.82 Å². The van der Waals surface area contributed by atoms with Crippen molar-refractivity contribution in [2.45, 2.75) is 31.2 Å². The van der Waals surface area contributed by atoms with Gasteiger partial charge >= 0.3 is 12.1 Å². The average Bonchev–Trinajstić information content (AvgIpc) is 2.77. The number of aromatic nitrogens is 3. The minimum atomic E-state index is -5.08. The third-order valence-corrected chi connectivity index (χ3v) is 5.26. The fraction of sp³-hybridized carbons (Fsp3) is 0.500. The van der Waals surface area contributed by atoms with E-state index in [1.807, 2.05) is 18.3 Å². The third kappa shape index (κ3) is 6.57. The van der Waals surface area contributed by atoms with Gasteiger partial charge in [-0.3, -0.25) is 9.88 Å². The monoisotopic (exact) mass is 457 g/mol. The second kappa shape index (κ2) is 10.2. The number of anilines is 1. The summed E-state index contributed by atoms with van der Waals surface area (Å²) in [5.41, 5.74) is 0.945. The molecule has 12 heteroatoms. The lowest BCUT2D eigenvalue weighted by atomic mass is 9.89. The van der Waals surface area contributed by atoms with E-state index in [1.54, 1.807) is 0 Å². The highest BCUT2D eigenvalue weighted by Crippen LogP contribution is 2.31. The zero-order valence-electron chi connectivity index (χ0n) is 17.1. The highest BCUT2D eigenvalue weighted by Gasteiger charge is 2.40. The highest BCUT2D eigenvalue weighted by atomic mass is 19.4. The maximum absolute atomic E-state index is 13.0. The molecule has 0 amide bonds. The summed E-state index contributed by atoms with van der Waals surface area (Å²) in [4.78, 5) is 26.1. The Morgan fingerprint density at radius 1 is 1.12 bits per heavy atom. The quantitative estimate of drug-likeness (QED) is 0.704. The number of pyridine rings is 1. The van der Waals surface area contributed by atoms with Gasteiger partial charge in [-0.2, -0.15) is 13.2 Å². The largest absolute Gasteiger partial charge is 0.490 e. The van der Waals surface area contributed by atoms with E-state index in [4.69, 9.17) is 14.6 Å². The van der Waals surface area contributed by atoms with E-state index < -0.39 is 18.0 Å². The normalized spacial score (nSPS) is 18.7. The van der Waals surface area contributed by atoms with Crippen molar-refractivity contribution in [3.8, 4) is 0 Å². The topological polar surface area (TPSA) is 91.7 Å². The molecule has 0 aliphatic carbocycles. The highest BCUT2D eigenvalue weighted by molar-refractivity contribution is 5.73. The van der Waals surface area contributed by atoms with Crippen LogP contribution in [0.2, 0.25) is 0 Å². The average molecular weight is 457 g/mol. The summed E-state index contributed by atoms with van der Waals surface area (Å²) in [5.74, 6) is -2.58. The molecule has 2 aromatic heterocycles. The van der Waals surface area contributed by atoms with Crippen molar-refractivity contribution < 1.29 is 32.2 Å². The Morgan fingerprint density at radius 3 is 2.34 bits per heavy atom. The molecule has 0 aromatic carbocycles. The number of halogens is 4. The number of likely N-dealkylation sites (tertiary alicyclic amines) is 1. The number of piperidine rings is 1. The lowest BCUT2D eigenvalue weighted by Gasteiger charge is -2.47. The predicted octanol–water partition coefficient (Wildman–Crippen LogP) is 2.52. The number of hydrogen-bond acceptors (Lipinski definition) is 7. The SMILES string of the molecule is Fc1cnc(N2CCOC3(CCN(Cc4ccccn4)CC3)C2)nc1.O=C(O)C(F)(F)F. The molecular weight excluding hydrogens is 434 g/mol. The number of nitrogens with zero attached hydrogens (tertiary/aromatic N) is 5. The van der Waals surface area contributed by atoms with Gasteiger partial charge < -0.3 is 14.7 Å². The molecule has 1 N–H and O–H groups in total. The van der Waals surface area contributed by atoms with Crippen molar-refractivity contribution in [1.82, 2.24) is 19.9 Å². The predicted molar refractivity (Wildman–Crippen MR) is 105 cm³/mol. The van der Waals surface area contributed by atoms with Crippen molar-refractivity contribution in [2.24, 2.45) is 0 Å². The number of ether oxygens (including phenoxy) is 1. The zero-order chi connectivity index (χ0) is 23.2. The maximum atomic E-state index is 13.0. The van der Waals surface area contributed by atoms with E-state index >= 15 is 0 Å². The van der Waals surface area contributed by atoms with Crippen LogP contribution in [0.1, 0.15) is 18.5 Å². The second-order valence-corrected chi connectivity index (χ2v) is 7.55. The van der Waals surface area contributed by atoms with Crippen LogP contribution >= 0.6 is 0 Å². The zero-order valence-corrected chi connectivity index (χ0v) is 17.1. The molecule has 2 fully saturated rings. The standard InChI is InChI=1S/C18H22FN5O.C2HF3O2/c19-15-11-21-17(22-12-15)24-9-10-25-18(14-24)4-7-23(8-5-18)13-16-3-1-2-6-20-16;3-2(4,5)1(6)7/h1-3,6,11-12H,4-5,7-10,13-14H2;(H,6,7). The summed E-state index contributed by atoms with van der Waals surface area (Å²) >= 11 is 0. The Bertz CT molecular complexity index is 875. The molecule has 4 heterocycles. The van der Waals surface area contributed by atoms with Gasteiger partial charge in [-0.15, -0.1) is 0 Å². The van der Waals surface area contributed by atoms with Gasteiger partial charge in [-0.25, -0.2) is 19.2 Å². The number of alkyl halides is 3. The summed E-state index contributed by atoms with van der Waals surface area (Å²) in [5, 5.41) is 7.12. The van der Waals surface area contributed by atoms with Crippen LogP contribution < -0.4 is 4.90 Å². The summed E-state index contributed by atoms with van der Waals surface area (Å²) in [6.07, 6.45) is 1.14. The number of aliphatic carboxylic acids is 1. The molecule has 2 aromatic rings.